The van der Waals surface area contributed by atoms with Gasteiger partial charge in [-0.25, -0.2) is 4.98 Å². The summed E-state index contributed by atoms with van der Waals surface area (Å²) in [5.74, 6) is 2.11. The minimum Gasteiger partial charge on any atom is -0.379 e. The van der Waals surface area contributed by atoms with Crippen LogP contribution in [-0.2, 0) is 11.3 Å². The summed E-state index contributed by atoms with van der Waals surface area (Å²) in [7, 11) is 1.89. The number of hydrogen-bond donors (Lipinski definition) is 1. The first-order valence-electron chi connectivity index (χ1n) is 10.5. The van der Waals surface area contributed by atoms with Crippen LogP contribution < -0.4 is 5.32 Å². The molecule has 0 radical (unpaired) electrons. The van der Waals surface area contributed by atoms with E-state index in [-0.39, 0.29) is 0 Å². The minimum absolute atomic E-state index is 0.627. The monoisotopic (exact) mass is 384 g/mol. The van der Waals surface area contributed by atoms with E-state index in [1.807, 2.05) is 13.1 Å². The molecule has 3 heterocycles. The lowest BCUT2D eigenvalue weighted by atomic mass is 10.2. The van der Waals surface area contributed by atoms with Crippen LogP contribution in [0.5, 0.6) is 0 Å². The van der Waals surface area contributed by atoms with Crippen molar-refractivity contribution >= 4 is 17.0 Å². The van der Waals surface area contributed by atoms with Crippen LogP contribution >= 0.6 is 0 Å². The second-order valence-corrected chi connectivity index (χ2v) is 7.66. The number of benzene rings is 1. The van der Waals surface area contributed by atoms with E-state index in [0.29, 0.717) is 6.04 Å². The van der Waals surface area contributed by atoms with Gasteiger partial charge in [0.15, 0.2) is 5.96 Å². The molecule has 1 aromatic carbocycles. The van der Waals surface area contributed by atoms with Crippen LogP contribution in [-0.4, -0.2) is 84.3 Å². The molecule has 1 N–H and O–H groups in total. The van der Waals surface area contributed by atoms with E-state index in [1.54, 1.807) is 0 Å². The number of aliphatic imine (C=N–C) groups is 1. The van der Waals surface area contributed by atoms with Crippen molar-refractivity contribution in [1.82, 2.24) is 24.7 Å². The molecule has 0 spiro atoms. The predicted molar refractivity (Wildman–Crippen MR) is 113 cm³/mol. The second-order valence-electron chi connectivity index (χ2n) is 7.66. The Morgan fingerprint density at radius 3 is 2.89 bits per heavy atom. The fourth-order valence-corrected chi connectivity index (χ4v) is 4.42. The number of aryl methyl sites for hydroxylation is 2. The van der Waals surface area contributed by atoms with Gasteiger partial charge >= 0.3 is 0 Å². The molecular formula is C21H32N6O. The van der Waals surface area contributed by atoms with E-state index in [1.165, 1.54) is 11.9 Å². The Balaban J connectivity index is 1.26. The third-order valence-corrected chi connectivity index (χ3v) is 5.92. The van der Waals surface area contributed by atoms with Crippen molar-refractivity contribution in [3.8, 4) is 0 Å². The van der Waals surface area contributed by atoms with E-state index < -0.39 is 0 Å². The summed E-state index contributed by atoms with van der Waals surface area (Å²) in [5.41, 5.74) is 2.30. The van der Waals surface area contributed by atoms with Crippen molar-refractivity contribution in [1.29, 1.82) is 0 Å². The molecule has 2 fully saturated rings. The summed E-state index contributed by atoms with van der Waals surface area (Å²) in [6.45, 7) is 9.95. The lowest BCUT2D eigenvalue weighted by Gasteiger charge is -2.32. The lowest BCUT2D eigenvalue weighted by Crippen LogP contribution is -2.46. The van der Waals surface area contributed by atoms with Gasteiger partial charge in [0.25, 0.3) is 0 Å². The number of nitrogens with zero attached hydrogens (tertiary/aromatic N) is 5. The average molecular weight is 385 g/mol. The van der Waals surface area contributed by atoms with Gasteiger partial charge in [-0.3, -0.25) is 9.89 Å². The topological polar surface area (TPSA) is 57.9 Å². The number of fused-ring (bicyclic) bond motifs is 1. The number of hydrogen-bond acceptors (Lipinski definition) is 4. The van der Waals surface area contributed by atoms with Crippen LogP contribution in [0.25, 0.3) is 11.0 Å². The van der Waals surface area contributed by atoms with E-state index in [9.17, 15) is 0 Å². The molecule has 1 atom stereocenters. The SMILES string of the molecule is CN=C(NCCCn1c(C)nc2ccccc21)N1CCC(N2CCOCC2)C1. The maximum atomic E-state index is 5.49. The highest BCUT2D eigenvalue weighted by Gasteiger charge is 2.30. The Morgan fingerprint density at radius 1 is 1.25 bits per heavy atom. The zero-order valence-electron chi connectivity index (χ0n) is 17.1. The second kappa shape index (κ2) is 8.92. The Morgan fingerprint density at radius 2 is 2.07 bits per heavy atom. The Kier molecular flexibility index (Phi) is 6.12. The molecule has 0 bridgehead atoms. The number of guanidine groups is 1. The highest BCUT2D eigenvalue weighted by atomic mass is 16.5. The van der Waals surface area contributed by atoms with E-state index in [0.717, 1.165) is 76.2 Å². The first-order chi connectivity index (χ1) is 13.8. The van der Waals surface area contributed by atoms with Crippen molar-refractivity contribution in [3.05, 3.63) is 30.1 Å². The summed E-state index contributed by atoms with van der Waals surface area (Å²) >= 11 is 0. The first-order valence-corrected chi connectivity index (χ1v) is 10.5. The maximum absolute atomic E-state index is 5.49. The molecule has 2 aromatic rings. The van der Waals surface area contributed by atoms with Gasteiger partial charge in [0, 0.05) is 52.4 Å². The molecule has 1 unspecified atom stereocenters. The van der Waals surface area contributed by atoms with Gasteiger partial charge in [0.1, 0.15) is 5.82 Å². The quantitative estimate of drug-likeness (QED) is 0.483. The molecule has 0 aliphatic carbocycles. The number of morpholine rings is 1. The third kappa shape index (κ3) is 4.15. The molecule has 1 aromatic heterocycles. The Hall–Kier alpha value is -2.12. The van der Waals surface area contributed by atoms with Gasteiger partial charge in [-0.1, -0.05) is 12.1 Å². The molecule has 28 heavy (non-hydrogen) atoms. The first kappa shape index (κ1) is 19.2. The summed E-state index contributed by atoms with van der Waals surface area (Å²) < 4.78 is 7.80. The fraction of sp³-hybridized carbons (Fsp3) is 0.619. The van der Waals surface area contributed by atoms with Gasteiger partial charge in [-0.2, -0.15) is 0 Å². The molecule has 2 aliphatic rings. The molecule has 7 heteroatoms. The van der Waals surface area contributed by atoms with Gasteiger partial charge in [-0.15, -0.1) is 0 Å². The van der Waals surface area contributed by atoms with Gasteiger partial charge < -0.3 is 19.5 Å². The number of ether oxygens (including phenoxy) is 1. The summed E-state index contributed by atoms with van der Waals surface area (Å²) in [6.07, 6.45) is 2.25. The molecule has 0 amide bonds. The smallest absolute Gasteiger partial charge is 0.193 e. The van der Waals surface area contributed by atoms with Crippen molar-refractivity contribution in [2.45, 2.75) is 32.4 Å². The van der Waals surface area contributed by atoms with Gasteiger partial charge in [0.05, 0.1) is 24.2 Å². The zero-order chi connectivity index (χ0) is 19.3. The average Bonchev–Trinajstić information content (AvgIpc) is 3.33. The van der Waals surface area contributed by atoms with Gasteiger partial charge in [-0.05, 0) is 31.9 Å². The summed E-state index contributed by atoms with van der Waals surface area (Å²) in [5, 5.41) is 3.56. The van der Waals surface area contributed by atoms with Crippen LogP contribution in [0.1, 0.15) is 18.7 Å². The van der Waals surface area contributed by atoms with Crippen molar-refractivity contribution < 1.29 is 4.74 Å². The Labute approximate surface area is 167 Å². The normalized spacial score (nSPS) is 21.6. The molecule has 4 rings (SSSR count). The van der Waals surface area contributed by atoms with Crippen LogP contribution in [0.3, 0.4) is 0 Å². The number of imidazole rings is 1. The number of nitrogens with one attached hydrogen (secondary N) is 1. The number of para-hydroxylation sites is 2. The van der Waals surface area contributed by atoms with Crippen molar-refractivity contribution in [2.24, 2.45) is 4.99 Å². The third-order valence-electron chi connectivity index (χ3n) is 5.92. The Bertz CT molecular complexity index is 810. The highest BCUT2D eigenvalue weighted by molar-refractivity contribution is 5.80. The molecule has 2 aliphatic heterocycles. The number of aromatic nitrogens is 2. The van der Waals surface area contributed by atoms with Crippen molar-refractivity contribution in [2.75, 3.05) is 53.0 Å². The van der Waals surface area contributed by atoms with E-state index in [4.69, 9.17) is 4.74 Å². The largest absolute Gasteiger partial charge is 0.379 e. The predicted octanol–water partition coefficient (Wildman–Crippen LogP) is 1.72. The maximum Gasteiger partial charge on any atom is 0.193 e. The van der Waals surface area contributed by atoms with E-state index >= 15 is 0 Å². The number of likely N-dealkylation sites (tertiary alicyclic amines) is 1. The van der Waals surface area contributed by atoms with E-state index in [2.05, 4.69) is 54.8 Å². The van der Waals surface area contributed by atoms with Crippen molar-refractivity contribution in [3.63, 3.8) is 0 Å². The summed E-state index contributed by atoms with van der Waals surface area (Å²) in [6, 6.07) is 8.99. The summed E-state index contributed by atoms with van der Waals surface area (Å²) in [4.78, 5) is 14.2. The minimum atomic E-state index is 0.627. The molecule has 7 nitrogen and oxygen atoms in total. The molecule has 152 valence electrons. The standard InChI is InChI=1S/C21H32N6O/c1-17-24-19-6-3-4-7-20(19)27(17)10-5-9-23-21(22-2)26-11-8-18(16-26)25-12-14-28-15-13-25/h3-4,6-7,18H,5,8-16H2,1-2H3,(H,22,23). The molecule has 2 saturated heterocycles. The van der Waals surface area contributed by atoms with Crippen LogP contribution in [0.2, 0.25) is 0 Å². The van der Waals surface area contributed by atoms with Crippen LogP contribution in [0.4, 0.5) is 0 Å². The fourth-order valence-electron chi connectivity index (χ4n) is 4.42. The number of rotatable bonds is 5. The zero-order valence-corrected chi connectivity index (χ0v) is 17.1. The van der Waals surface area contributed by atoms with Gasteiger partial charge in [0.2, 0.25) is 0 Å². The molecular weight excluding hydrogens is 352 g/mol. The van der Waals surface area contributed by atoms with Crippen LogP contribution in [0, 0.1) is 6.92 Å². The highest BCUT2D eigenvalue weighted by Crippen LogP contribution is 2.18. The lowest BCUT2D eigenvalue weighted by molar-refractivity contribution is 0.0195. The molecule has 0 saturated carbocycles. The van der Waals surface area contributed by atoms with Crippen LogP contribution in [0.15, 0.2) is 29.3 Å².